The highest BCUT2D eigenvalue weighted by molar-refractivity contribution is 9.09. The highest BCUT2D eigenvalue weighted by atomic mass is 79.9. The molecule has 34 heavy (non-hydrogen) atoms. The van der Waals surface area contributed by atoms with Crippen LogP contribution in [0.5, 0.6) is 0 Å². The van der Waals surface area contributed by atoms with Gasteiger partial charge in [0.1, 0.15) is 6.10 Å². The molecule has 0 bridgehead atoms. The Morgan fingerprint density at radius 3 is 2.56 bits per heavy atom. The Bertz CT molecular complexity index is 759. The summed E-state index contributed by atoms with van der Waals surface area (Å²) in [6.45, 7) is 14.6. The highest BCUT2D eigenvalue weighted by Gasteiger charge is 2.61. The maximum Gasteiger partial charge on any atom is 0.306 e. The second-order valence-corrected chi connectivity index (χ2v) is 14.5. The molecule has 0 N–H and O–H groups in total. The zero-order valence-corrected chi connectivity index (χ0v) is 24.5. The minimum absolute atomic E-state index is 0.00581. The Kier molecular flexibility index (Phi) is 8.33. The van der Waals surface area contributed by atoms with Crippen LogP contribution in [0.3, 0.4) is 0 Å². The molecule has 9 atom stereocenters. The SMILES string of the molecule is CCCC(=O)OC1CC[C@@]2(C)C(=CC(Br)[C@H]3[C@@H]4CC[C@H]([C@H](C)CCCC(C)C)[C@@]4(C)CC[C@@H]32)C1. The summed E-state index contributed by atoms with van der Waals surface area (Å²) < 4.78 is 5.87. The van der Waals surface area contributed by atoms with Gasteiger partial charge in [-0.3, -0.25) is 4.79 Å². The summed E-state index contributed by atoms with van der Waals surface area (Å²) in [5, 5.41) is 0. The number of fused-ring (bicyclic) bond motifs is 5. The summed E-state index contributed by atoms with van der Waals surface area (Å²) in [6, 6.07) is 0. The summed E-state index contributed by atoms with van der Waals surface area (Å²) in [5.74, 6) is 4.97. The zero-order chi connectivity index (χ0) is 24.7. The number of hydrogen-bond donors (Lipinski definition) is 0. The number of carbonyl (C=O) groups is 1. The first-order valence-electron chi connectivity index (χ1n) is 14.6. The number of allylic oxidation sites excluding steroid dienone is 1. The molecule has 3 fully saturated rings. The minimum atomic E-state index is -0.00581. The summed E-state index contributed by atoms with van der Waals surface area (Å²) >= 11 is 4.20. The number of alkyl halides is 1. The molecule has 0 amide bonds. The van der Waals surface area contributed by atoms with Crippen molar-refractivity contribution in [2.45, 2.75) is 130 Å². The van der Waals surface area contributed by atoms with E-state index < -0.39 is 0 Å². The molecule has 4 rings (SSSR count). The Morgan fingerprint density at radius 2 is 1.85 bits per heavy atom. The van der Waals surface area contributed by atoms with Gasteiger partial charge < -0.3 is 4.74 Å². The van der Waals surface area contributed by atoms with Gasteiger partial charge in [-0.2, -0.15) is 0 Å². The third-order valence-corrected chi connectivity index (χ3v) is 11.9. The first-order valence-corrected chi connectivity index (χ1v) is 15.6. The van der Waals surface area contributed by atoms with E-state index in [0.29, 0.717) is 22.1 Å². The topological polar surface area (TPSA) is 26.3 Å². The fraction of sp³-hybridized carbons (Fsp3) is 0.903. The fourth-order valence-electron chi connectivity index (χ4n) is 9.14. The fourth-order valence-corrected chi connectivity index (χ4v) is 10.2. The van der Waals surface area contributed by atoms with Crippen LogP contribution in [-0.4, -0.2) is 16.9 Å². The van der Waals surface area contributed by atoms with Crippen LogP contribution in [-0.2, 0) is 9.53 Å². The Morgan fingerprint density at radius 1 is 1.09 bits per heavy atom. The molecule has 0 saturated heterocycles. The predicted octanol–water partition coefficient (Wildman–Crippen LogP) is 9.11. The van der Waals surface area contributed by atoms with Gasteiger partial charge in [0.2, 0.25) is 0 Å². The summed E-state index contributed by atoms with van der Waals surface area (Å²) in [7, 11) is 0. The number of carbonyl (C=O) groups excluding carboxylic acids is 1. The lowest BCUT2D eigenvalue weighted by Crippen LogP contribution is -2.54. The van der Waals surface area contributed by atoms with E-state index in [4.69, 9.17) is 4.74 Å². The van der Waals surface area contributed by atoms with Crippen molar-refractivity contribution in [2.75, 3.05) is 0 Å². The van der Waals surface area contributed by atoms with Crippen molar-refractivity contribution >= 4 is 21.9 Å². The van der Waals surface area contributed by atoms with Gasteiger partial charge in [-0.25, -0.2) is 0 Å². The Balaban J connectivity index is 1.48. The van der Waals surface area contributed by atoms with Crippen molar-refractivity contribution in [3.8, 4) is 0 Å². The number of esters is 1. The van der Waals surface area contributed by atoms with Crippen LogP contribution in [0.1, 0.15) is 119 Å². The van der Waals surface area contributed by atoms with Crippen molar-refractivity contribution < 1.29 is 9.53 Å². The van der Waals surface area contributed by atoms with Crippen LogP contribution in [0.2, 0.25) is 0 Å². The average molecular weight is 536 g/mol. The first kappa shape index (κ1) is 26.7. The molecular formula is C31H51BrO2. The van der Waals surface area contributed by atoms with Crippen LogP contribution < -0.4 is 0 Å². The van der Waals surface area contributed by atoms with E-state index in [1.807, 2.05) is 0 Å². The monoisotopic (exact) mass is 534 g/mol. The maximum absolute atomic E-state index is 12.1. The number of ether oxygens (including phenoxy) is 1. The number of rotatable bonds is 8. The van der Waals surface area contributed by atoms with E-state index in [9.17, 15) is 4.79 Å². The van der Waals surface area contributed by atoms with Gasteiger partial charge in [0.05, 0.1) is 0 Å². The van der Waals surface area contributed by atoms with E-state index in [-0.39, 0.29) is 12.1 Å². The van der Waals surface area contributed by atoms with Crippen molar-refractivity contribution in [3.63, 3.8) is 0 Å². The normalized spacial score (nSPS) is 42.4. The second kappa shape index (κ2) is 10.6. The van der Waals surface area contributed by atoms with Crippen LogP contribution >= 0.6 is 15.9 Å². The number of halogens is 1. The molecule has 2 unspecified atom stereocenters. The molecule has 0 aromatic carbocycles. The van der Waals surface area contributed by atoms with Crippen LogP contribution in [0.4, 0.5) is 0 Å². The van der Waals surface area contributed by atoms with Crippen molar-refractivity contribution in [3.05, 3.63) is 11.6 Å². The molecule has 0 aromatic rings. The van der Waals surface area contributed by atoms with Gasteiger partial charge in [0, 0.05) is 17.7 Å². The van der Waals surface area contributed by atoms with Crippen molar-refractivity contribution in [2.24, 2.45) is 46.3 Å². The van der Waals surface area contributed by atoms with Gasteiger partial charge in [0.15, 0.2) is 0 Å². The smallest absolute Gasteiger partial charge is 0.306 e. The molecule has 4 aliphatic rings. The second-order valence-electron chi connectivity index (χ2n) is 13.5. The molecule has 3 saturated carbocycles. The van der Waals surface area contributed by atoms with Crippen LogP contribution in [0, 0.1) is 46.3 Å². The molecule has 0 spiro atoms. The quantitative estimate of drug-likeness (QED) is 0.176. The molecule has 4 aliphatic carbocycles. The lowest BCUT2D eigenvalue weighted by molar-refractivity contribution is -0.151. The molecule has 3 heteroatoms. The summed E-state index contributed by atoms with van der Waals surface area (Å²) in [5.41, 5.74) is 2.39. The Hall–Kier alpha value is -0.310. The number of hydrogen-bond acceptors (Lipinski definition) is 2. The average Bonchev–Trinajstić information content (AvgIpc) is 3.12. The lowest BCUT2D eigenvalue weighted by Gasteiger charge is -2.59. The summed E-state index contributed by atoms with van der Waals surface area (Å²) in [4.78, 5) is 12.6. The maximum atomic E-state index is 12.1. The van der Waals surface area contributed by atoms with Crippen LogP contribution in [0.15, 0.2) is 11.6 Å². The van der Waals surface area contributed by atoms with E-state index in [2.05, 4.69) is 63.5 Å². The third kappa shape index (κ3) is 4.95. The molecular weight excluding hydrogens is 484 g/mol. The standard InChI is InChI=1S/C31H51BrO2/c1-7-9-28(33)34-23-14-16-30(5)22(18-23)19-27(32)29-25-13-12-24(21(4)11-8-10-20(2)3)31(25,6)17-15-26(29)30/h19-21,23-27,29H,7-18H2,1-6H3/t21-,23?,24-,25+,26+,27?,29+,30+,31-/m1/s1. The van der Waals surface area contributed by atoms with Gasteiger partial charge >= 0.3 is 5.97 Å². The molecule has 0 aromatic heterocycles. The van der Waals surface area contributed by atoms with Gasteiger partial charge in [0.25, 0.3) is 0 Å². The largest absolute Gasteiger partial charge is 0.462 e. The molecule has 0 heterocycles. The van der Waals surface area contributed by atoms with Gasteiger partial charge in [-0.05, 0) is 91.3 Å². The zero-order valence-electron chi connectivity index (χ0n) is 22.9. The Labute approximate surface area is 218 Å². The highest BCUT2D eigenvalue weighted by Crippen LogP contribution is 2.68. The first-order chi connectivity index (χ1) is 16.1. The van der Waals surface area contributed by atoms with Gasteiger partial charge in [-0.15, -0.1) is 0 Å². The molecule has 2 nitrogen and oxygen atoms in total. The van der Waals surface area contributed by atoms with Crippen LogP contribution in [0.25, 0.3) is 0 Å². The molecule has 0 radical (unpaired) electrons. The van der Waals surface area contributed by atoms with Crippen molar-refractivity contribution in [1.29, 1.82) is 0 Å². The van der Waals surface area contributed by atoms with Crippen molar-refractivity contribution in [1.82, 2.24) is 0 Å². The minimum Gasteiger partial charge on any atom is -0.462 e. The van der Waals surface area contributed by atoms with E-state index >= 15 is 0 Å². The molecule has 0 aliphatic heterocycles. The summed E-state index contributed by atoms with van der Waals surface area (Å²) in [6.07, 6.45) is 17.1. The third-order valence-electron chi connectivity index (χ3n) is 11.0. The van der Waals surface area contributed by atoms with E-state index in [0.717, 1.165) is 54.8 Å². The van der Waals surface area contributed by atoms with Gasteiger partial charge in [-0.1, -0.05) is 88.4 Å². The van der Waals surface area contributed by atoms with E-state index in [1.165, 1.54) is 51.4 Å². The molecule has 194 valence electrons. The lowest BCUT2D eigenvalue weighted by atomic mass is 9.47. The predicted molar refractivity (Wildman–Crippen MR) is 146 cm³/mol. The van der Waals surface area contributed by atoms with E-state index in [1.54, 1.807) is 5.57 Å².